The van der Waals surface area contributed by atoms with Crippen LogP contribution in [0.1, 0.15) is 19.5 Å². The normalized spacial score (nSPS) is 15.2. The topological polar surface area (TPSA) is 112 Å². The number of anilines is 2. The fourth-order valence-electron chi connectivity index (χ4n) is 5.18. The molecule has 9 nitrogen and oxygen atoms in total. The Balaban J connectivity index is 1.43. The van der Waals surface area contributed by atoms with Gasteiger partial charge in [0.25, 0.3) is 5.91 Å². The average molecular weight is 518 g/mol. The molecule has 5 aromatic rings. The molecule has 0 bridgehead atoms. The Bertz CT molecular complexity index is 1760. The van der Waals surface area contributed by atoms with E-state index in [4.69, 9.17) is 10.5 Å². The molecular weight excluding hydrogens is 490 g/mol. The predicted molar refractivity (Wildman–Crippen MR) is 151 cm³/mol. The summed E-state index contributed by atoms with van der Waals surface area (Å²) in [4.78, 5) is 31.8. The lowest BCUT2D eigenvalue weighted by molar-refractivity contribution is -0.114. The number of aryl methyl sites for hydroxylation is 2. The summed E-state index contributed by atoms with van der Waals surface area (Å²) < 4.78 is 7.88. The lowest BCUT2D eigenvalue weighted by Crippen LogP contribution is -2.32. The van der Waals surface area contributed by atoms with Crippen molar-refractivity contribution in [3.05, 3.63) is 84.5 Å². The number of hydrogen-bond acceptors (Lipinski definition) is 7. The van der Waals surface area contributed by atoms with Gasteiger partial charge in [0.15, 0.2) is 0 Å². The highest BCUT2D eigenvalue weighted by Gasteiger charge is 2.28. The minimum absolute atomic E-state index is 0.0116. The van der Waals surface area contributed by atoms with E-state index in [2.05, 4.69) is 19.9 Å². The van der Waals surface area contributed by atoms with Gasteiger partial charge in [0.05, 0.1) is 17.1 Å². The summed E-state index contributed by atoms with van der Waals surface area (Å²) in [6, 6.07) is 17.8. The van der Waals surface area contributed by atoms with Gasteiger partial charge in [-0.25, -0.2) is 19.9 Å². The highest BCUT2D eigenvalue weighted by Crippen LogP contribution is 2.42. The molecule has 1 aliphatic rings. The number of amides is 1. The minimum Gasteiger partial charge on any atom is -0.424 e. The molecule has 0 saturated carbocycles. The first-order valence-corrected chi connectivity index (χ1v) is 12.6. The van der Waals surface area contributed by atoms with Crippen molar-refractivity contribution in [1.82, 2.24) is 24.5 Å². The average Bonchev–Trinajstić information content (AvgIpc) is 3.37. The van der Waals surface area contributed by atoms with Gasteiger partial charge >= 0.3 is 6.01 Å². The number of ether oxygens (including phenoxy) is 1. The van der Waals surface area contributed by atoms with Gasteiger partial charge < -0.3 is 19.9 Å². The fourth-order valence-corrected chi connectivity index (χ4v) is 5.18. The van der Waals surface area contributed by atoms with Crippen LogP contribution in [0, 0.1) is 6.92 Å². The van der Waals surface area contributed by atoms with Crippen LogP contribution >= 0.6 is 0 Å². The Labute approximate surface area is 225 Å². The molecule has 3 aromatic heterocycles. The third kappa shape index (κ3) is 4.17. The van der Waals surface area contributed by atoms with Crippen LogP contribution in [-0.4, -0.2) is 36.5 Å². The first-order valence-electron chi connectivity index (χ1n) is 12.6. The molecule has 0 unspecified atom stereocenters. The van der Waals surface area contributed by atoms with Gasteiger partial charge in [-0.2, -0.15) is 0 Å². The lowest BCUT2D eigenvalue weighted by atomic mass is 9.98. The van der Waals surface area contributed by atoms with Crippen molar-refractivity contribution < 1.29 is 9.53 Å². The van der Waals surface area contributed by atoms with Crippen LogP contribution in [0.5, 0.6) is 11.8 Å². The summed E-state index contributed by atoms with van der Waals surface area (Å²) in [7, 11) is 1.97. The Hall–Kier alpha value is -5.05. The molecule has 2 N–H and O–H groups in total. The first-order chi connectivity index (χ1) is 18.8. The van der Waals surface area contributed by atoms with Crippen molar-refractivity contribution in [2.75, 3.05) is 10.6 Å². The van der Waals surface area contributed by atoms with E-state index in [1.807, 2.05) is 98.0 Å². The molecule has 4 heterocycles. The molecular formula is C30H27N7O2. The third-order valence-electron chi connectivity index (χ3n) is 6.99. The van der Waals surface area contributed by atoms with Gasteiger partial charge in [0, 0.05) is 35.8 Å². The molecule has 0 fully saturated rings. The number of rotatable bonds is 5. The zero-order valence-corrected chi connectivity index (χ0v) is 22.1. The minimum atomic E-state index is 0.0116. The number of nitrogens with zero attached hydrogens (tertiary/aromatic N) is 6. The van der Waals surface area contributed by atoms with E-state index in [1.165, 1.54) is 6.33 Å². The molecule has 194 valence electrons. The summed E-state index contributed by atoms with van der Waals surface area (Å²) >= 11 is 0. The molecule has 1 atom stereocenters. The summed E-state index contributed by atoms with van der Waals surface area (Å²) in [5.41, 5.74) is 13.3. The van der Waals surface area contributed by atoms with Crippen molar-refractivity contribution in [3.63, 3.8) is 0 Å². The molecule has 9 heteroatoms. The number of aromatic nitrogens is 5. The monoisotopic (exact) mass is 517 g/mol. The fraction of sp³-hybridized carbons (Fsp3) is 0.167. The zero-order chi connectivity index (χ0) is 27.3. The highest BCUT2D eigenvalue weighted by molar-refractivity contribution is 6.09. The molecule has 1 amide bonds. The standard InChI is InChI=1S/C30H27N7O2/c1-17-15-19(3)37(29(17)38)22-9-5-21(6-10-22)26-24(25-27(31)33-16-34-28(25)36(26)4)20-7-11-23(12-8-20)39-30-32-14-13-18(2)35-30/h5-16,19H,1-4H3,(H2,31,33,34)/t19-/m0/s1. The van der Waals surface area contributed by atoms with Crippen LogP contribution < -0.4 is 15.4 Å². The van der Waals surface area contributed by atoms with E-state index in [-0.39, 0.29) is 11.9 Å². The van der Waals surface area contributed by atoms with Crippen LogP contribution in [0.25, 0.3) is 33.4 Å². The van der Waals surface area contributed by atoms with Gasteiger partial charge in [-0.05, 0) is 62.2 Å². The maximum absolute atomic E-state index is 12.7. The summed E-state index contributed by atoms with van der Waals surface area (Å²) in [6.07, 6.45) is 5.13. The Morgan fingerprint density at radius 2 is 1.64 bits per heavy atom. The summed E-state index contributed by atoms with van der Waals surface area (Å²) in [5.74, 6) is 1.05. The molecule has 39 heavy (non-hydrogen) atoms. The molecule has 0 spiro atoms. The van der Waals surface area contributed by atoms with Crippen molar-refractivity contribution in [1.29, 1.82) is 0 Å². The summed E-state index contributed by atoms with van der Waals surface area (Å²) in [6.45, 7) is 5.76. The van der Waals surface area contributed by atoms with Gasteiger partial charge in [-0.1, -0.05) is 30.3 Å². The number of benzene rings is 2. The second kappa shape index (κ2) is 9.36. The van der Waals surface area contributed by atoms with Gasteiger partial charge in [0.1, 0.15) is 23.5 Å². The molecule has 6 rings (SSSR count). The number of carbonyl (C=O) groups is 1. The largest absolute Gasteiger partial charge is 0.424 e. The van der Waals surface area contributed by atoms with Crippen LogP contribution in [0.3, 0.4) is 0 Å². The highest BCUT2D eigenvalue weighted by atomic mass is 16.5. The second-order valence-corrected chi connectivity index (χ2v) is 9.66. The molecule has 0 saturated heterocycles. The number of hydrogen-bond donors (Lipinski definition) is 1. The van der Waals surface area contributed by atoms with E-state index in [0.717, 1.165) is 50.4 Å². The van der Waals surface area contributed by atoms with Crippen molar-refractivity contribution in [2.24, 2.45) is 7.05 Å². The first kappa shape index (κ1) is 24.3. The number of nitrogen functional groups attached to an aromatic ring is 1. The van der Waals surface area contributed by atoms with Gasteiger partial charge in [0.2, 0.25) is 0 Å². The number of carbonyl (C=O) groups excluding carboxylic acids is 1. The number of fused-ring (bicyclic) bond motifs is 1. The van der Waals surface area contributed by atoms with Gasteiger partial charge in [-0.15, -0.1) is 0 Å². The van der Waals surface area contributed by atoms with Crippen LogP contribution in [0.2, 0.25) is 0 Å². The quantitative estimate of drug-likeness (QED) is 0.330. The van der Waals surface area contributed by atoms with E-state index in [9.17, 15) is 4.79 Å². The maximum atomic E-state index is 12.7. The van der Waals surface area contributed by atoms with Gasteiger partial charge in [-0.3, -0.25) is 4.79 Å². The molecule has 2 aromatic carbocycles. The smallest absolute Gasteiger partial charge is 0.322 e. The van der Waals surface area contributed by atoms with Crippen molar-refractivity contribution >= 4 is 28.4 Å². The lowest BCUT2D eigenvalue weighted by Gasteiger charge is -2.22. The molecule has 0 radical (unpaired) electrons. The van der Waals surface area contributed by atoms with E-state index >= 15 is 0 Å². The van der Waals surface area contributed by atoms with Crippen molar-refractivity contribution in [2.45, 2.75) is 26.8 Å². The Kier molecular flexibility index (Phi) is 5.83. The Morgan fingerprint density at radius 1 is 0.923 bits per heavy atom. The zero-order valence-electron chi connectivity index (χ0n) is 22.1. The van der Waals surface area contributed by atoms with Crippen LogP contribution in [0.4, 0.5) is 11.5 Å². The van der Waals surface area contributed by atoms with E-state index in [0.29, 0.717) is 17.6 Å². The van der Waals surface area contributed by atoms with E-state index in [1.54, 1.807) is 6.20 Å². The molecule has 0 aliphatic carbocycles. The van der Waals surface area contributed by atoms with Crippen LogP contribution in [-0.2, 0) is 11.8 Å². The third-order valence-corrected chi connectivity index (χ3v) is 6.99. The Morgan fingerprint density at radius 3 is 2.31 bits per heavy atom. The summed E-state index contributed by atoms with van der Waals surface area (Å²) in [5, 5.41) is 0.776. The van der Waals surface area contributed by atoms with Crippen LogP contribution in [0.15, 0.2) is 78.8 Å². The molecule has 1 aliphatic heterocycles. The van der Waals surface area contributed by atoms with Crippen molar-refractivity contribution in [3.8, 4) is 34.1 Å². The SMILES string of the molecule is CC1=C[C@H](C)N(c2ccc(-c3c(-c4ccc(Oc5nccc(C)n5)cc4)c4c(N)ncnc4n3C)cc2)C1=O. The predicted octanol–water partition coefficient (Wildman–Crippen LogP) is 5.46. The number of nitrogens with two attached hydrogens (primary N) is 1. The second-order valence-electron chi connectivity index (χ2n) is 9.66. The van der Waals surface area contributed by atoms with E-state index < -0.39 is 0 Å². The maximum Gasteiger partial charge on any atom is 0.322 e.